The molecule has 106 valence electrons. The summed E-state index contributed by atoms with van der Waals surface area (Å²) in [6, 6.07) is 17.8. The minimum atomic E-state index is -0.168. The molecule has 0 bridgehead atoms. The molecule has 0 spiro atoms. The molecule has 20 heavy (non-hydrogen) atoms. The number of benzene rings is 2. The van der Waals surface area contributed by atoms with E-state index in [4.69, 9.17) is 0 Å². The first-order chi connectivity index (χ1) is 9.78. The minimum absolute atomic E-state index is 0.168. The summed E-state index contributed by atoms with van der Waals surface area (Å²) in [5, 5.41) is 3.52. The minimum Gasteiger partial charge on any atom is -0.314 e. The number of likely N-dealkylation sites (N-methyl/N-ethyl adjacent to an activating group) is 1. The van der Waals surface area contributed by atoms with Crippen LogP contribution in [0, 0.1) is 5.82 Å². The second-order valence-electron chi connectivity index (χ2n) is 5.11. The van der Waals surface area contributed by atoms with Crippen molar-refractivity contribution in [3.05, 3.63) is 71.5 Å². The second kappa shape index (κ2) is 7.81. The van der Waals surface area contributed by atoms with Crippen LogP contribution >= 0.6 is 0 Å². The Labute approximate surface area is 120 Å². The summed E-state index contributed by atoms with van der Waals surface area (Å²) in [5.41, 5.74) is 2.56. The molecule has 0 heterocycles. The molecule has 2 aromatic carbocycles. The van der Waals surface area contributed by atoms with E-state index in [1.165, 1.54) is 23.3 Å². The number of aryl methyl sites for hydroxylation is 1. The molecule has 0 saturated heterocycles. The van der Waals surface area contributed by atoms with E-state index in [2.05, 4.69) is 36.5 Å². The zero-order valence-electron chi connectivity index (χ0n) is 12.0. The molecule has 1 atom stereocenters. The Morgan fingerprint density at radius 1 is 0.950 bits per heavy atom. The van der Waals surface area contributed by atoms with Crippen molar-refractivity contribution in [3.8, 4) is 0 Å². The molecular formula is C18H22FN. The van der Waals surface area contributed by atoms with Gasteiger partial charge in [-0.15, -0.1) is 0 Å². The van der Waals surface area contributed by atoms with Gasteiger partial charge < -0.3 is 5.32 Å². The van der Waals surface area contributed by atoms with Gasteiger partial charge in [0, 0.05) is 6.04 Å². The number of hydrogen-bond donors (Lipinski definition) is 1. The summed E-state index contributed by atoms with van der Waals surface area (Å²) in [4.78, 5) is 0. The van der Waals surface area contributed by atoms with Gasteiger partial charge in [-0.2, -0.15) is 0 Å². The highest BCUT2D eigenvalue weighted by atomic mass is 19.1. The van der Waals surface area contributed by atoms with Gasteiger partial charge in [-0.05, 0) is 49.1 Å². The van der Waals surface area contributed by atoms with E-state index in [0.717, 1.165) is 25.8 Å². The highest BCUT2D eigenvalue weighted by Gasteiger charge is 2.08. The Hall–Kier alpha value is -1.67. The average molecular weight is 271 g/mol. The zero-order chi connectivity index (χ0) is 14.2. The van der Waals surface area contributed by atoms with Crippen LogP contribution in [0.15, 0.2) is 54.6 Å². The highest BCUT2D eigenvalue weighted by molar-refractivity contribution is 5.18. The van der Waals surface area contributed by atoms with Crippen molar-refractivity contribution in [2.24, 2.45) is 0 Å². The average Bonchev–Trinajstić information content (AvgIpc) is 2.48. The summed E-state index contributed by atoms with van der Waals surface area (Å²) in [7, 11) is 0. The van der Waals surface area contributed by atoms with Crippen LogP contribution in [0.5, 0.6) is 0 Å². The lowest BCUT2D eigenvalue weighted by Crippen LogP contribution is -2.31. The first-order valence-corrected chi connectivity index (χ1v) is 7.29. The van der Waals surface area contributed by atoms with Crippen LogP contribution in [0.2, 0.25) is 0 Å². The maximum absolute atomic E-state index is 12.9. The molecule has 0 aliphatic rings. The lowest BCUT2D eigenvalue weighted by Gasteiger charge is -2.18. The van der Waals surface area contributed by atoms with Gasteiger partial charge in [-0.3, -0.25) is 0 Å². The molecule has 2 heteroatoms. The van der Waals surface area contributed by atoms with E-state index in [1.54, 1.807) is 0 Å². The molecule has 2 aromatic rings. The van der Waals surface area contributed by atoms with Gasteiger partial charge in [0.15, 0.2) is 0 Å². The summed E-state index contributed by atoms with van der Waals surface area (Å²) < 4.78 is 12.9. The maximum Gasteiger partial charge on any atom is 0.123 e. The molecule has 1 N–H and O–H groups in total. The number of halogens is 1. The summed E-state index contributed by atoms with van der Waals surface area (Å²) in [6.45, 7) is 3.08. The van der Waals surface area contributed by atoms with Gasteiger partial charge in [0.1, 0.15) is 5.82 Å². The quantitative estimate of drug-likeness (QED) is 0.803. The van der Waals surface area contributed by atoms with Crippen molar-refractivity contribution >= 4 is 0 Å². The molecule has 0 aromatic heterocycles. The molecule has 0 radical (unpaired) electrons. The van der Waals surface area contributed by atoms with Crippen LogP contribution < -0.4 is 5.32 Å². The van der Waals surface area contributed by atoms with Gasteiger partial charge in [-0.25, -0.2) is 4.39 Å². The van der Waals surface area contributed by atoms with Crippen LogP contribution in [0.3, 0.4) is 0 Å². The van der Waals surface area contributed by atoms with Gasteiger partial charge in [0.2, 0.25) is 0 Å². The number of nitrogens with one attached hydrogen (secondary N) is 1. The fraction of sp³-hybridized carbons (Fsp3) is 0.333. The molecule has 0 fully saturated rings. The molecule has 2 rings (SSSR count). The van der Waals surface area contributed by atoms with E-state index in [0.29, 0.717) is 6.04 Å². The SMILES string of the molecule is CCNC(CCc1ccccc1)Cc1ccc(F)cc1. The molecule has 0 aliphatic heterocycles. The van der Waals surface area contributed by atoms with Crippen LogP contribution in [-0.4, -0.2) is 12.6 Å². The van der Waals surface area contributed by atoms with Crippen molar-refractivity contribution in [2.75, 3.05) is 6.54 Å². The zero-order valence-corrected chi connectivity index (χ0v) is 12.0. The Balaban J connectivity index is 1.91. The first-order valence-electron chi connectivity index (χ1n) is 7.29. The van der Waals surface area contributed by atoms with E-state index in [-0.39, 0.29) is 5.82 Å². The molecule has 1 nitrogen and oxygen atoms in total. The van der Waals surface area contributed by atoms with Crippen molar-refractivity contribution in [1.29, 1.82) is 0 Å². The van der Waals surface area contributed by atoms with Crippen LogP contribution in [-0.2, 0) is 12.8 Å². The van der Waals surface area contributed by atoms with Crippen molar-refractivity contribution < 1.29 is 4.39 Å². The predicted octanol–water partition coefficient (Wildman–Crippen LogP) is 3.98. The normalized spacial score (nSPS) is 12.3. The molecule has 0 aliphatic carbocycles. The standard InChI is InChI=1S/C18H22FN/c1-2-20-18(13-10-15-6-4-3-5-7-15)14-16-8-11-17(19)12-9-16/h3-9,11-12,18,20H,2,10,13-14H2,1H3. The second-order valence-corrected chi connectivity index (χ2v) is 5.11. The summed E-state index contributed by atoms with van der Waals surface area (Å²) in [5.74, 6) is -0.168. The number of rotatable bonds is 7. The first kappa shape index (κ1) is 14.7. The third kappa shape index (κ3) is 4.78. The lowest BCUT2D eigenvalue weighted by molar-refractivity contribution is 0.490. The fourth-order valence-electron chi connectivity index (χ4n) is 2.46. The third-order valence-electron chi connectivity index (χ3n) is 3.51. The predicted molar refractivity (Wildman–Crippen MR) is 82.3 cm³/mol. The molecule has 1 unspecified atom stereocenters. The molecular weight excluding hydrogens is 249 g/mol. The number of hydrogen-bond acceptors (Lipinski definition) is 1. The Kier molecular flexibility index (Phi) is 5.75. The summed E-state index contributed by atoms with van der Waals surface area (Å²) in [6.07, 6.45) is 3.11. The molecule has 0 saturated carbocycles. The van der Waals surface area contributed by atoms with Gasteiger partial charge in [0.05, 0.1) is 0 Å². The van der Waals surface area contributed by atoms with E-state index in [1.807, 2.05) is 18.2 Å². The van der Waals surface area contributed by atoms with Crippen molar-refractivity contribution in [3.63, 3.8) is 0 Å². The van der Waals surface area contributed by atoms with E-state index in [9.17, 15) is 4.39 Å². The topological polar surface area (TPSA) is 12.0 Å². The van der Waals surface area contributed by atoms with Crippen LogP contribution in [0.1, 0.15) is 24.5 Å². The van der Waals surface area contributed by atoms with Gasteiger partial charge in [0.25, 0.3) is 0 Å². The Bertz CT molecular complexity index is 493. The fourth-order valence-corrected chi connectivity index (χ4v) is 2.46. The Morgan fingerprint density at radius 3 is 2.30 bits per heavy atom. The molecule has 0 amide bonds. The van der Waals surface area contributed by atoms with Crippen molar-refractivity contribution in [1.82, 2.24) is 5.32 Å². The van der Waals surface area contributed by atoms with Crippen LogP contribution in [0.4, 0.5) is 4.39 Å². The van der Waals surface area contributed by atoms with Crippen molar-refractivity contribution in [2.45, 2.75) is 32.2 Å². The van der Waals surface area contributed by atoms with Crippen LogP contribution in [0.25, 0.3) is 0 Å². The Morgan fingerprint density at radius 2 is 1.65 bits per heavy atom. The smallest absolute Gasteiger partial charge is 0.123 e. The summed E-state index contributed by atoms with van der Waals surface area (Å²) >= 11 is 0. The van der Waals surface area contributed by atoms with E-state index < -0.39 is 0 Å². The van der Waals surface area contributed by atoms with Gasteiger partial charge >= 0.3 is 0 Å². The third-order valence-corrected chi connectivity index (χ3v) is 3.51. The highest BCUT2D eigenvalue weighted by Crippen LogP contribution is 2.11. The largest absolute Gasteiger partial charge is 0.314 e. The lowest BCUT2D eigenvalue weighted by atomic mass is 9.99. The maximum atomic E-state index is 12.9. The van der Waals surface area contributed by atoms with E-state index >= 15 is 0 Å². The monoisotopic (exact) mass is 271 g/mol. The van der Waals surface area contributed by atoms with Gasteiger partial charge in [-0.1, -0.05) is 49.4 Å².